The van der Waals surface area contributed by atoms with Gasteiger partial charge in [0.15, 0.2) is 0 Å². The van der Waals surface area contributed by atoms with Crippen molar-refractivity contribution >= 4 is 58.5 Å². The molecule has 8 bridgehead atoms. The van der Waals surface area contributed by atoms with Gasteiger partial charge < -0.3 is 9.97 Å². The monoisotopic (exact) mass is 576 g/mol. The van der Waals surface area contributed by atoms with E-state index in [1.54, 1.807) is 0 Å². The summed E-state index contributed by atoms with van der Waals surface area (Å²) < 4.78 is 0. The second kappa shape index (κ2) is 11.0. The summed E-state index contributed by atoms with van der Waals surface area (Å²) in [6.07, 6.45) is 11.8. The summed E-state index contributed by atoms with van der Waals surface area (Å²) in [6, 6.07) is 28.6. The van der Waals surface area contributed by atoms with Crippen LogP contribution >= 0.6 is 0 Å². The van der Waals surface area contributed by atoms with Gasteiger partial charge in [-0.05, 0) is 57.7 Å². The summed E-state index contributed by atoms with van der Waals surface area (Å²) in [5.41, 5.74) is 12.4. The van der Waals surface area contributed by atoms with Crippen LogP contribution in [-0.4, -0.2) is 9.97 Å². The zero-order valence-corrected chi connectivity index (χ0v) is 25.4. The van der Waals surface area contributed by atoms with Crippen molar-refractivity contribution in [2.75, 3.05) is 0 Å². The molecule has 2 aliphatic rings. The number of nitrogens with zero attached hydrogens (tertiary/aromatic N) is 4. The van der Waals surface area contributed by atoms with Crippen LogP contribution < -0.4 is 9.97 Å². The standard InChI is InChI=1S/C36H24N4.Zn/c1-3-25-27-15-19-31(37-27)35(23-11-7-5-8-12-23)33-21-17-29(39-33)26(4-2)30-18-22-34(40-30)36(24-13-9-6-10-14-24)32-20-16-28(25)38-32;/h3-22H,1-2H2;/q-2;+2. The van der Waals surface area contributed by atoms with Crippen molar-refractivity contribution in [3.8, 4) is 22.3 Å². The van der Waals surface area contributed by atoms with Crippen LogP contribution in [0.25, 0.3) is 80.8 Å². The first kappa shape index (κ1) is 26.4. The summed E-state index contributed by atoms with van der Waals surface area (Å²) in [5.74, 6) is 0. The molecule has 0 saturated heterocycles. The summed E-state index contributed by atoms with van der Waals surface area (Å²) in [7, 11) is 0. The minimum absolute atomic E-state index is 0. The number of hydrogen-bond donors (Lipinski definition) is 0. The smallest absolute Gasteiger partial charge is 0.657 e. The topological polar surface area (TPSA) is 54.0 Å². The molecule has 0 unspecified atom stereocenters. The van der Waals surface area contributed by atoms with Gasteiger partial charge in [0, 0.05) is 0 Å². The van der Waals surface area contributed by atoms with Gasteiger partial charge >= 0.3 is 19.5 Å². The Morgan fingerprint density at radius 2 is 0.829 bits per heavy atom. The van der Waals surface area contributed by atoms with Gasteiger partial charge in [-0.15, -0.1) is 22.1 Å². The van der Waals surface area contributed by atoms with Crippen LogP contribution in [0.5, 0.6) is 0 Å². The molecule has 4 nitrogen and oxygen atoms in total. The second-order valence-electron chi connectivity index (χ2n) is 9.58. The normalized spacial score (nSPS) is 11.7. The van der Waals surface area contributed by atoms with Crippen molar-refractivity contribution in [1.29, 1.82) is 0 Å². The minimum atomic E-state index is 0. The maximum atomic E-state index is 5.07. The third kappa shape index (κ3) is 4.65. The molecule has 5 aromatic rings. The Morgan fingerprint density at radius 1 is 0.463 bits per heavy atom. The fourth-order valence-electron chi connectivity index (χ4n) is 5.35. The van der Waals surface area contributed by atoms with E-state index in [-0.39, 0.29) is 19.5 Å². The molecule has 0 amide bonds. The third-order valence-corrected chi connectivity index (χ3v) is 7.22. The van der Waals surface area contributed by atoms with Gasteiger partial charge in [0.25, 0.3) is 0 Å². The number of rotatable bonds is 4. The predicted molar refractivity (Wildman–Crippen MR) is 168 cm³/mol. The molecule has 2 aromatic carbocycles. The third-order valence-electron chi connectivity index (χ3n) is 7.22. The Balaban J connectivity index is 0.00000302. The van der Waals surface area contributed by atoms with E-state index in [1.807, 2.05) is 97.1 Å². The minimum Gasteiger partial charge on any atom is -0.657 e. The maximum absolute atomic E-state index is 5.07. The fourth-order valence-corrected chi connectivity index (χ4v) is 5.35. The fraction of sp³-hybridized carbons (Fsp3) is 0. The van der Waals surface area contributed by atoms with E-state index in [0.717, 1.165) is 78.2 Å². The van der Waals surface area contributed by atoms with Crippen LogP contribution in [0, 0.1) is 0 Å². The number of fused-ring (bicyclic) bond motifs is 8. The first-order valence-electron chi connectivity index (χ1n) is 13.1. The Bertz CT molecular complexity index is 1880. The molecule has 5 heteroatoms. The molecule has 0 saturated carbocycles. The summed E-state index contributed by atoms with van der Waals surface area (Å²) in [4.78, 5) is 20.3. The van der Waals surface area contributed by atoms with E-state index < -0.39 is 0 Å². The Morgan fingerprint density at radius 3 is 1.22 bits per heavy atom. The summed E-state index contributed by atoms with van der Waals surface area (Å²) in [5, 5.41) is 0. The molecule has 0 fully saturated rings. The van der Waals surface area contributed by atoms with Crippen LogP contribution in [0.3, 0.4) is 0 Å². The molecule has 3 aromatic heterocycles. The SMILES string of the molecule is C=Cc1c2nc(c(-c3ccccc3)c3ccc([n-]3)c(C=C)c3nc(c(-c4ccccc4)c4ccc1[n-]4)C=C3)C=C2.[Zn+2]. The quantitative estimate of drug-likeness (QED) is 0.197. The van der Waals surface area contributed by atoms with Gasteiger partial charge in [-0.1, -0.05) is 110 Å². The molecular weight excluding hydrogens is 554 g/mol. The summed E-state index contributed by atoms with van der Waals surface area (Å²) >= 11 is 0. The molecule has 5 heterocycles. The molecule has 41 heavy (non-hydrogen) atoms. The van der Waals surface area contributed by atoms with Crippen LogP contribution in [0.2, 0.25) is 0 Å². The largest absolute Gasteiger partial charge is 2.00 e. The van der Waals surface area contributed by atoms with Crippen molar-refractivity contribution in [3.05, 3.63) is 132 Å². The van der Waals surface area contributed by atoms with E-state index >= 15 is 0 Å². The zero-order chi connectivity index (χ0) is 27.1. The van der Waals surface area contributed by atoms with E-state index in [4.69, 9.17) is 19.9 Å². The number of hydrogen-bond acceptors (Lipinski definition) is 2. The van der Waals surface area contributed by atoms with Crippen molar-refractivity contribution in [2.45, 2.75) is 0 Å². The average molecular weight is 578 g/mol. The van der Waals surface area contributed by atoms with Gasteiger partial charge in [-0.25, -0.2) is 9.97 Å². The molecule has 2 aliphatic heterocycles. The Hall–Kier alpha value is -4.86. The van der Waals surface area contributed by atoms with Crippen LogP contribution in [0.1, 0.15) is 33.9 Å². The molecular formula is C36H24N4Zn. The Labute approximate surface area is 251 Å². The van der Waals surface area contributed by atoms with Gasteiger partial charge in [0.2, 0.25) is 0 Å². The van der Waals surface area contributed by atoms with Crippen LogP contribution in [0.15, 0.2) is 98.1 Å². The van der Waals surface area contributed by atoms with Gasteiger partial charge in [0.1, 0.15) is 0 Å². The number of benzene rings is 2. The molecule has 7 rings (SSSR count). The van der Waals surface area contributed by atoms with Gasteiger partial charge in [-0.2, -0.15) is 0 Å². The summed E-state index contributed by atoms with van der Waals surface area (Å²) in [6.45, 7) is 8.21. The van der Waals surface area contributed by atoms with E-state index in [1.165, 1.54) is 0 Å². The zero-order valence-electron chi connectivity index (χ0n) is 22.5. The molecule has 0 spiro atoms. The molecule has 0 atom stereocenters. The van der Waals surface area contributed by atoms with Crippen molar-refractivity contribution in [3.63, 3.8) is 0 Å². The molecule has 0 N–H and O–H groups in total. The van der Waals surface area contributed by atoms with E-state index in [9.17, 15) is 0 Å². The Kier molecular flexibility index (Phi) is 7.05. The van der Waals surface area contributed by atoms with Crippen molar-refractivity contribution in [1.82, 2.24) is 19.9 Å². The van der Waals surface area contributed by atoms with Gasteiger partial charge in [0.05, 0.1) is 22.8 Å². The molecule has 0 radical (unpaired) electrons. The van der Waals surface area contributed by atoms with Crippen molar-refractivity contribution < 1.29 is 19.5 Å². The first-order chi connectivity index (χ1) is 19.7. The van der Waals surface area contributed by atoms with E-state index in [0.29, 0.717) is 0 Å². The maximum Gasteiger partial charge on any atom is 2.00 e. The first-order valence-corrected chi connectivity index (χ1v) is 13.1. The van der Waals surface area contributed by atoms with Crippen molar-refractivity contribution in [2.24, 2.45) is 0 Å². The van der Waals surface area contributed by atoms with E-state index in [2.05, 4.69) is 37.4 Å². The molecule has 0 aliphatic carbocycles. The number of aromatic nitrogens is 4. The van der Waals surface area contributed by atoms with Crippen LogP contribution in [0.4, 0.5) is 0 Å². The van der Waals surface area contributed by atoms with Gasteiger partial charge in [-0.3, -0.25) is 0 Å². The average Bonchev–Trinajstić information content (AvgIpc) is 3.81. The van der Waals surface area contributed by atoms with Crippen LogP contribution in [-0.2, 0) is 19.5 Å². The predicted octanol–water partition coefficient (Wildman–Crippen LogP) is 8.53. The molecule has 190 valence electrons. The second-order valence-corrected chi connectivity index (χ2v) is 9.58.